The minimum Gasteiger partial charge on any atom is -0.474 e. The highest BCUT2D eigenvalue weighted by Gasteiger charge is 2.25. The van der Waals surface area contributed by atoms with Crippen molar-refractivity contribution in [1.29, 1.82) is 0 Å². The van der Waals surface area contributed by atoms with Crippen molar-refractivity contribution in [3.8, 4) is 17.2 Å². The lowest BCUT2D eigenvalue weighted by molar-refractivity contribution is -0.154. The SMILES string of the molecule is C[C@H](CCCCC(=O)OC(C)(C)C)Oc1ncnc2oc(-c3ccccc3)c(C3=CCCCC3)c12. The fourth-order valence-electron chi connectivity index (χ4n) is 4.50. The number of hydrogen-bond acceptors (Lipinski definition) is 6. The highest BCUT2D eigenvalue weighted by Crippen LogP contribution is 2.43. The first-order chi connectivity index (χ1) is 16.8. The van der Waals surface area contributed by atoms with Crippen molar-refractivity contribution >= 4 is 22.6 Å². The van der Waals surface area contributed by atoms with Crippen molar-refractivity contribution in [2.24, 2.45) is 0 Å². The van der Waals surface area contributed by atoms with Crippen LogP contribution in [0.1, 0.15) is 84.6 Å². The van der Waals surface area contributed by atoms with E-state index in [9.17, 15) is 4.79 Å². The van der Waals surface area contributed by atoms with E-state index >= 15 is 0 Å². The average Bonchev–Trinajstić information content (AvgIpc) is 3.23. The standard InChI is InChI=1S/C29H36N2O4/c1-20(13-11-12-18-23(32)35-29(2,3)4)33-27-25-24(21-14-7-5-8-15-21)26(22-16-9-6-10-17-22)34-28(25)31-19-30-27/h6,9-10,14,16-17,19-20H,5,7-8,11-13,15,18H2,1-4H3/t20-/m1/s1. The fourth-order valence-corrected chi connectivity index (χ4v) is 4.50. The summed E-state index contributed by atoms with van der Waals surface area (Å²) in [6, 6.07) is 10.2. The highest BCUT2D eigenvalue weighted by atomic mass is 16.6. The molecule has 2 aromatic heterocycles. The smallest absolute Gasteiger partial charge is 0.306 e. The van der Waals surface area contributed by atoms with Gasteiger partial charge in [0.1, 0.15) is 23.1 Å². The molecule has 0 N–H and O–H groups in total. The first-order valence-electron chi connectivity index (χ1n) is 12.7. The summed E-state index contributed by atoms with van der Waals surface area (Å²) in [7, 11) is 0. The Hall–Kier alpha value is -3.15. The number of fused-ring (bicyclic) bond motifs is 1. The number of esters is 1. The quantitative estimate of drug-likeness (QED) is 0.235. The first-order valence-corrected chi connectivity index (χ1v) is 12.7. The van der Waals surface area contributed by atoms with E-state index in [-0.39, 0.29) is 12.1 Å². The Labute approximate surface area is 207 Å². The van der Waals surface area contributed by atoms with Crippen LogP contribution in [0.4, 0.5) is 0 Å². The number of rotatable bonds is 9. The lowest BCUT2D eigenvalue weighted by Crippen LogP contribution is -2.23. The molecule has 3 aromatic rings. The third kappa shape index (κ3) is 6.50. The van der Waals surface area contributed by atoms with Crippen LogP contribution in [0.2, 0.25) is 0 Å². The number of benzene rings is 1. The molecule has 0 amide bonds. The Kier molecular flexibility index (Phi) is 7.89. The zero-order valence-electron chi connectivity index (χ0n) is 21.3. The second-order valence-electron chi connectivity index (χ2n) is 10.3. The minimum atomic E-state index is -0.444. The summed E-state index contributed by atoms with van der Waals surface area (Å²) in [5, 5.41) is 0.847. The van der Waals surface area contributed by atoms with Crippen LogP contribution < -0.4 is 4.74 Å². The average molecular weight is 477 g/mol. The van der Waals surface area contributed by atoms with E-state index in [0.717, 1.165) is 60.8 Å². The summed E-state index contributed by atoms with van der Waals surface area (Å²) < 4.78 is 18.0. The maximum atomic E-state index is 12.0. The van der Waals surface area contributed by atoms with Crippen LogP contribution in [0.3, 0.4) is 0 Å². The largest absolute Gasteiger partial charge is 0.474 e. The molecule has 0 bridgehead atoms. The van der Waals surface area contributed by atoms with Crippen molar-refractivity contribution in [2.45, 2.75) is 90.8 Å². The maximum absolute atomic E-state index is 12.0. The van der Waals surface area contributed by atoms with Crippen LogP contribution in [0.5, 0.6) is 5.88 Å². The number of allylic oxidation sites excluding steroid dienone is 2. The van der Waals surface area contributed by atoms with Crippen molar-refractivity contribution in [3.05, 3.63) is 48.3 Å². The molecule has 6 nitrogen and oxygen atoms in total. The van der Waals surface area contributed by atoms with Gasteiger partial charge in [0.15, 0.2) is 0 Å². The topological polar surface area (TPSA) is 74.5 Å². The third-order valence-electron chi connectivity index (χ3n) is 6.08. The Bertz CT molecular complexity index is 1170. The van der Waals surface area contributed by atoms with Crippen LogP contribution in [-0.2, 0) is 9.53 Å². The van der Waals surface area contributed by atoms with Gasteiger partial charge in [-0.3, -0.25) is 4.79 Å². The van der Waals surface area contributed by atoms with Gasteiger partial charge in [-0.25, -0.2) is 9.97 Å². The predicted molar refractivity (Wildman–Crippen MR) is 138 cm³/mol. The van der Waals surface area contributed by atoms with Crippen LogP contribution >= 0.6 is 0 Å². The van der Waals surface area contributed by atoms with Gasteiger partial charge < -0.3 is 13.9 Å². The molecule has 0 spiro atoms. The van der Waals surface area contributed by atoms with Crippen LogP contribution in [0.15, 0.2) is 47.2 Å². The molecule has 6 heteroatoms. The Morgan fingerprint density at radius 1 is 1.11 bits per heavy atom. The van der Waals surface area contributed by atoms with Gasteiger partial charge in [0, 0.05) is 17.5 Å². The number of furan rings is 1. The molecule has 1 aromatic carbocycles. The van der Waals surface area contributed by atoms with Crippen LogP contribution in [0.25, 0.3) is 28.0 Å². The van der Waals surface area contributed by atoms with E-state index in [2.05, 4.69) is 28.2 Å². The Morgan fingerprint density at radius 2 is 1.91 bits per heavy atom. The number of carbonyl (C=O) groups is 1. The third-order valence-corrected chi connectivity index (χ3v) is 6.08. The van der Waals surface area contributed by atoms with Gasteiger partial charge in [-0.2, -0.15) is 0 Å². The first kappa shape index (κ1) is 25.0. The van der Waals surface area contributed by atoms with Gasteiger partial charge in [0.05, 0.1) is 6.10 Å². The molecule has 0 saturated carbocycles. The monoisotopic (exact) mass is 476 g/mol. The molecule has 0 fully saturated rings. The van der Waals surface area contributed by atoms with Gasteiger partial charge in [-0.1, -0.05) is 36.4 Å². The predicted octanol–water partition coefficient (Wildman–Crippen LogP) is 7.52. The molecule has 0 unspecified atom stereocenters. The summed E-state index contributed by atoms with van der Waals surface area (Å²) in [6.07, 6.45) is 11.1. The van der Waals surface area contributed by atoms with Gasteiger partial charge >= 0.3 is 5.97 Å². The van der Waals surface area contributed by atoms with Crippen LogP contribution in [0, 0.1) is 0 Å². The fraction of sp³-hybridized carbons (Fsp3) is 0.483. The van der Waals surface area contributed by atoms with Gasteiger partial charge in [-0.05, 0) is 78.2 Å². The summed E-state index contributed by atoms with van der Waals surface area (Å²) in [6.45, 7) is 7.71. The highest BCUT2D eigenvalue weighted by molar-refractivity contribution is 5.99. The number of hydrogen-bond donors (Lipinski definition) is 0. The maximum Gasteiger partial charge on any atom is 0.306 e. The van der Waals surface area contributed by atoms with E-state index in [1.807, 2.05) is 45.9 Å². The van der Waals surface area contributed by atoms with E-state index in [1.165, 1.54) is 18.3 Å². The number of carbonyl (C=O) groups excluding carboxylic acids is 1. The second kappa shape index (κ2) is 11.1. The molecular weight excluding hydrogens is 440 g/mol. The zero-order chi connectivity index (χ0) is 24.8. The summed E-state index contributed by atoms with van der Waals surface area (Å²) in [4.78, 5) is 20.9. The molecule has 2 heterocycles. The second-order valence-corrected chi connectivity index (χ2v) is 10.3. The molecule has 0 saturated heterocycles. The molecule has 0 aliphatic heterocycles. The van der Waals surface area contributed by atoms with Crippen LogP contribution in [-0.4, -0.2) is 27.6 Å². The molecule has 1 aliphatic rings. The van der Waals surface area contributed by atoms with E-state index in [1.54, 1.807) is 0 Å². The number of nitrogens with zero attached hydrogens (tertiary/aromatic N) is 2. The van der Waals surface area contributed by atoms with Gasteiger partial charge in [0.25, 0.3) is 0 Å². The normalized spacial score (nSPS) is 15.0. The lowest BCUT2D eigenvalue weighted by atomic mass is 9.91. The number of ether oxygens (including phenoxy) is 2. The Balaban J connectivity index is 1.53. The van der Waals surface area contributed by atoms with Gasteiger partial charge in [-0.15, -0.1) is 0 Å². The molecule has 1 aliphatic carbocycles. The summed E-state index contributed by atoms with van der Waals surface area (Å²) in [5.41, 5.74) is 3.46. The van der Waals surface area contributed by atoms with Crippen molar-refractivity contribution < 1.29 is 18.7 Å². The summed E-state index contributed by atoms with van der Waals surface area (Å²) >= 11 is 0. The van der Waals surface area contributed by atoms with Crippen molar-refractivity contribution in [2.75, 3.05) is 0 Å². The molecule has 35 heavy (non-hydrogen) atoms. The van der Waals surface area contributed by atoms with Crippen molar-refractivity contribution in [3.63, 3.8) is 0 Å². The molecule has 1 atom stereocenters. The van der Waals surface area contributed by atoms with E-state index in [4.69, 9.17) is 13.9 Å². The lowest BCUT2D eigenvalue weighted by Gasteiger charge is -2.19. The molecule has 186 valence electrons. The minimum absolute atomic E-state index is 0.0602. The van der Waals surface area contributed by atoms with Crippen molar-refractivity contribution in [1.82, 2.24) is 9.97 Å². The summed E-state index contributed by atoms with van der Waals surface area (Å²) in [5.74, 6) is 1.23. The molecule has 0 radical (unpaired) electrons. The number of aromatic nitrogens is 2. The van der Waals surface area contributed by atoms with E-state index < -0.39 is 5.60 Å². The van der Waals surface area contributed by atoms with E-state index in [0.29, 0.717) is 18.0 Å². The molecule has 4 rings (SSSR count). The van der Waals surface area contributed by atoms with Gasteiger partial charge in [0.2, 0.25) is 11.6 Å². The zero-order valence-corrected chi connectivity index (χ0v) is 21.3. The number of unbranched alkanes of at least 4 members (excludes halogenated alkanes) is 1. The molecular formula is C29H36N2O4. The Morgan fingerprint density at radius 3 is 2.63 bits per heavy atom.